The van der Waals surface area contributed by atoms with Crippen LogP contribution in [0.4, 0.5) is 5.95 Å². The maximum Gasteiger partial charge on any atom is 0.262 e. The van der Waals surface area contributed by atoms with Gasteiger partial charge in [-0.25, -0.2) is 4.98 Å². The fourth-order valence-electron chi connectivity index (χ4n) is 2.95. The molecule has 24 heavy (non-hydrogen) atoms. The lowest BCUT2D eigenvalue weighted by Crippen LogP contribution is -2.38. The first-order valence-corrected chi connectivity index (χ1v) is 8.01. The van der Waals surface area contributed by atoms with Gasteiger partial charge in [-0.15, -0.1) is 0 Å². The number of ether oxygens (including phenoxy) is 1. The van der Waals surface area contributed by atoms with Crippen LogP contribution in [-0.2, 0) is 4.74 Å². The highest BCUT2D eigenvalue weighted by molar-refractivity contribution is 5.92. The van der Waals surface area contributed by atoms with E-state index in [0.29, 0.717) is 43.3 Å². The Morgan fingerprint density at radius 1 is 1.12 bits per heavy atom. The Hall–Kier alpha value is -2.73. The first kappa shape index (κ1) is 14.8. The third kappa shape index (κ3) is 2.65. The summed E-state index contributed by atoms with van der Waals surface area (Å²) in [5, 5.41) is 0.526. The van der Waals surface area contributed by atoms with Crippen molar-refractivity contribution in [3.63, 3.8) is 0 Å². The summed E-state index contributed by atoms with van der Waals surface area (Å²) in [4.78, 5) is 26.5. The summed E-state index contributed by atoms with van der Waals surface area (Å²) in [5.41, 5.74) is 3.32. The molecular weight excluding hydrogens is 304 g/mol. The number of anilines is 1. The van der Waals surface area contributed by atoms with Crippen molar-refractivity contribution in [2.24, 2.45) is 0 Å². The van der Waals surface area contributed by atoms with Crippen molar-refractivity contribution in [3.05, 3.63) is 52.4 Å². The average molecular weight is 322 g/mol. The molecule has 0 unspecified atom stereocenters. The molecule has 0 spiro atoms. The van der Waals surface area contributed by atoms with Gasteiger partial charge in [-0.2, -0.15) is 4.98 Å². The van der Waals surface area contributed by atoms with E-state index < -0.39 is 0 Å². The lowest BCUT2D eigenvalue weighted by atomic mass is 10.0. The Balaban J connectivity index is 1.85. The van der Waals surface area contributed by atoms with Crippen LogP contribution >= 0.6 is 0 Å². The number of nitrogens with one attached hydrogen (secondary N) is 1. The second kappa shape index (κ2) is 6.05. The van der Waals surface area contributed by atoms with E-state index in [1.807, 2.05) is 42.2 Å². The first-order valence-electron chi connectivity index (χ1n) is 8.01. The molecule has 3 aromatic rings. The molecular formula is C18H18N4O2. The molecule has 6 nitrogen and oxygen atoms in total. The number of benzene rings is 1. The largest absolute Gasteiger partial charge is 0.378 e. The molecule has 1 aliphatic heterocycles. The maximum atomic E-state index is 12.7. The van der Waals surface area contributed by atoms with Crippen LogP contribution in [0.5, 0.6) is 0 Å². The zero-order valence-corrected chi connectivity index (χ0v) is 13.5. The Kier molecular flexibility index (Phi) is 3.74. The maximum absolute atomic E-state index is 12.7. The Morgan fingerprint density at radius 2 is 1.88 bits per heavy atom. The van der Waals surface area contributed by atoms with Gasteiger partial charge in [0.05, 0.1) is 18.6 Å². The van der Waals surface area contributed by atoms with Gasteiger partial charge in [0.1, 0.15) is 0 Å². The van der Waals surface area contributed by atoms with Crippen molar-refractivity contribution in [1.29, 1.82) is 0 Å². The van der Waals surface area contributed by atoms with Gasteiger partial charge < -0.3 is 9.64 Å². The van der Waals surface area contributed by atoms with E-state index in [1.54, 1.807) is 6.20 Å². The summed E-state index contributed by atoms with van der Waals surface area (Å²) in [6, 6.07) is 9.95. The summed E-state index contributed by atoms with van der Waals surface area (Å²) in [5.74, 6) is 0.560. The van der Waals surface area contributed by atoms with Crippen molar-refractivity contribution < 1.29 is 4.74 Å². The van der Waals surface area contributed by atoms with Crippen LogP contribution in [0.2, 0.25) is 0 Å². The molecule has 0 amide bonds. The van der Waals surface area contributed by atoms with Crippen LogP contribution in [0.25, 0.3) is 22.2 Å². The SMILES string of the molecule is Cc1ccc(-c2ccnc3nc(N4CCOCC4)[nH]c(=O)c23)cc1. The highest BCUT2D eigenvalue weighted by Gasteiger charge is 2.17. The fraction of sp³-hybridized carbons (Fsp3) is 0.278. The van der Waals surface area contributed by atoms with Crippen LogP contribution in [0, 0.1) is 6.92 Å². The summed E-state index contributed by atoms with van der Waals surface area (Å²) < 4.78 is 5.35. The number of pyridine rings is 1. The summed E-state index contributed by atoms with van der Waals surface area (Å²) in [7, 11) is 0. The smallest absolute Gasteiger partial charge is 0.262 e. The molecule has 6 heteroatoms. The van der Waals surface area contributed by atoms with Gasteiger partial charge in [0, 0.05) is 19.3 Å². The number of fused-ring (bicyclic) bond motifs is 1. The van der Waals surface area contributed by atoms with E-state index in [-0.39, 0.29) is 5.56 Å². The monoisotopic (exact) mass is 322 g/mol. The van der Waals surface area contributed by atoms with Gasteiger partial charge in [0.25, 0.3) is 5.56 Å². The molecule has 1 aliphatic rings. The van der Waals surface area contributed by atoms with Gasteiger partial charge in [-0.1, -0.05) is 29.8 Å². The van der Waals surface area contributed by atoms with Crippen LogP contribution in [0.15, 0.2) is 41.3 Å². The predicted octanol–water partition coefficient (Wildman–Crippen LogP) is 2.13. The number of hydrogen-bond donors (Lipinski definition) is 1. The number of H-pyrrole nitrogens is 1. The van der Waals surface area contributed by atoms with Crippen molar-refractivity contribution in [3.8, 4) is 11.1 Å². The minimum absolute atomic E-state index is 0.162. The summed E-state index contributed by atoms with van der Waals surface area (Å²) >= 11 is 0. The number of aromatic amines is 1. The first-order chi connectivity index (χ1) is 11.7. The highest BCUT2D eigenvalue weighted by atomic mass is 16.5. The fourth-order valence-corrected chi connectivity index (χ4v) is 2.95. The molecule has 1 N–H and O–H groups in total. The average Bonchev–Trinajstić information content (AvgIpc) is 2.62. The molecule has 1 fully saturated rings. The van der Waals surface area contributed by atoms with E-state index in [4.69, 9.17) is 4.74 Å². The summed E-state index contributed by atoms with van der Waals surface area (Å²) in [6.07, 6.45) is 1.70. The Morgan fingerprint density at radius 3 is 2.62 bits per heavy atom. The van der Waals surface area contributed by atoms with Crippen LogP contribution in [-0.4, -0.2) is 41.3 Å². The van der Waals surface area contributed by atoms with Crippen LogP contribution in [0.3, 0.4) is 0 Å². The molecule has 1 saturated heterocycles. The second-order valence-electron chi connectivity index (χ2n) is 5.91. The van der Waals surface area contributed by atoms with Crippen LogP contribution in [0.1, 0.15) is 5.56 Å². The lowest BCUT2D eigenvalue weighted by molar-refractivity contribution is 0.122. The van der Waals surface area contributed by atoms with Gasteiger partial charge in [-0.3, -0.25) is 9.78 Å². The molecule has 122 valence electrons. The van der Waals surface area contributed by atoms with Crippen molar-refractivity contribution in [2.45, 2.75) is 6.92 Å². The molecule has 0 radical (unpaired) electrons. The lowest BCUT2D eigenvalue weighted by Gasteiger charge is -2.27. The number of hydrogen-bond acceptors (Lipinski definition) is 5. The topological polar surface area (TPSA) is 71.1 Å². The molecule has 1 aromatic carbocycles. The third-order valence-electron chi connectivity index (χ3n) is 4.27. The van der Waals surface area contributed by atoms with E-state index in [9.17, 15) is 4.79 Å². The van der Waals surface area contributed by atoms with Crippen molar-refractivity contribution >= 4 is 17.0 Å². The van der Waals surface area contributed by atoms with Gasteiger partial charge in [0.15, 0.2) is 5.65 Å². The zero-order valence-electron chi connectivity index (χ0n) is 13.5. The minimum Gasteiger partial charge on any atom is -0.378 e. The number of rotatable bonds is 2. The van der Waals surface area contributed by atoms with Crippen molar-refractivity contribution in [1.82, 2.24) is 15.0 Å². The highest BCUT2D eigenvalue weighted by Crippen LogP contribution is 2.25. The molecule has 2 aromatic heterocycles. The molecule has 0 saturated carbocycles. The normalized spacial score (nSPS) is 15.0. The van der Waals surface area contributed by atoms with E-state index >= 15 is 0 Å². The van der Waals surface area contributed by atoms with E-state index in [1.165, 1.54) is 5.56 Å². The number of aromatic nitrogens is 3. The van der Waals surface area contributed by atoms with E-state index in [2.05, 4.69) is 15.0 Å². The third-order valence-corrected chi connectivity index (χ3v) is 4.27. The van der Waals surface area contributed by atoms with Crippen LogP contribution < -0.4 is 10.5 Å². The quantitative estimate of drug-likeness (QED) is 0.782. The molecule has 3 heterocycles. The van der Waals surface area contributed by atoms with E-state index in [0.717, 1.165) is 11.1 Å². The van der Waals surface area contributed by atoms with Gasteiger partial charge >= 0.3 is 0 Å². The van der Waals surface area contributed by atoms with Gasteiger partial charge in [0.2, 0.25) is 5.95 Å². The second-order valence-corrected chi connectivity index (χ2v) is 5.91. The molecule has 4 rings (SSSR count). The number of morpholine rings is 1. The van der Waals surface area contributed by atoms with Gasteiger partial charge in [-0.05, 0) is 24.1 Å². The Labute approximate surface area is 139 Å². The van der Waals surface area contributed by atoms with Crippen molar-refractivity contribution in [2.75, 3.05) is 31.2 Å². The number of nitrogens with zero attached hydrogens (tertiary/aromatic N) is 3. The Bertz CT molecular complexity index is 928. The number of aryl methyl sites for hydroxylation is 1. The molecule has 0 bridgehead atoms. The summed E-state index contributed by atoms with van der Waals surface area (Å²) in [6.45, 7) is 4.74. The molecule has 0 atom stereocenters. The zero-order chi connectivity index (χ0) is 16.5. The molecule has 0 aliphatic carbocycles. The standard InChI is InChI=1S/C18H18N4O2/c1-12-2-4-13(5-3-12)14-6-7-19-16-15(14)17(23)21-18(20-16)22-8-10-24-11-9-22/h2-7H,8-11H2,1H3,(H,19,20,21,23). The predicted molar refractivity (Wildman–Crippen MR) is 93.4 cm³/mol. The minimum atomic E-state index is -0.162.